The average molecular weight is 306 g/mol. The Morgan fingerprint density at radius 3 is 2.48 bits per heavy atom. The predicted octanol–water partition coefficient (Wildman–Crippen LogP) is 4.22. The van der Waals surface area contributed by atoms with Crippen LogP contribution in [0, 0.1) is 0 Å². The number of hydrogen-bond donors (Lipinski definition) is 0. The topological polar surface area (TPSA) is 15.7 Å². The summed E-state index contributed by atoms with van der Waals surface area (Å²) in [6, 6.07) is 16.7. The molecule has 118 valence electrons. The van der Waals surface area contributed by atoms with E-state index < -0.39 is 0 Å². The first-order chi connectivity index (χ1) is 11.3. The summed E-state index contributed by atoms with van der Waals surface area (Å²) >= 11 is 0. The summed E-state index contributed by atoms with van der Waals surface area (Å²) in [5.74, 6) is 0.970. The first kappa shape index (κ1) is 15.2. The number of benzene rings is 2. The largest absolute Gasteiger partial charge is 0.473 e. The van der Waals surface area contributed by atoms with Crippen LogP contribution >= 0.6 is 0 Å². The number of rotatable bonds is 6. The molecule has 3 rings (SSSR count). The normalized spacial score (nSPS) is 13.0. The molecular weight excluding hydrogens is 284 g/mol. The highest BCUT2D eigenvalue weighted by atomic mass is 16.5. The molecule has 0 spiro atoms. The molecule has 0 fully saturated rings. The zero-order valence-electron chi connectivity index (χ0n) is 13.3. The monoisotopic (exact) mass is 306 g/mol. The van der Waals surface area contributed by atoms with E-state index in [4.69, 9.17) is 4.74 Å². The van der Waals surface area contributed by atoms with E-state index in [-0.39, 0.29) is 0 Å². The van der Waals surface area contributed by atoms with Gasteiger partial charge < -0.3 is 14.5 Å². The highest BCUT2D eigenvalue weighted by molar-refractivity contribution is 5.57. The van der Waals surface area contributed by atoms with Crippen molar-refractivity contribution in [3.63, 3.8) is 0 Å². The molecule has 0 aliphatic carbocycles. The summed E-state index contributed by atoms with van der Waals surface area (Å²) in [6.07, 6.45) is 3.82. The third-order valence-electron chi connectivity index (χ3n) is 3.97. The Bertz CT molecular complexity index is 671. The molecule has 1 aliphatic rings. The molecule has 0 radical (unpaired) electrons. The second-order valence-corrected chi connectivity index (χ2v) is 5.58. The minimum absolute atomic E-state index is 0.583. The van der Waals surface area contributed by atoms with Gasteiger partial charge in [0.1, 0.15) is 5.75 Å². The van der Waals surface area contributed by atoms with Gasteiger partial charge in [0, 0.05) is 36.6 Å². The van der Waals surface area contributed by atoms with Crippen LogP contribution in [0.4, 0.5) is 11.4 Å². The Hall–Kier alpha value is -2.68. The van der Waals surface area contributed by atoms with Crippen molar-refractivity contribution in [1.29, 1.82) is 0 Å². The van der Waals surface area contributed by atoms with E-state index in [0.29, 0.717) is 6.73 Å². The molecule has 2 aromatic rings. The van der Waals surface area contributed by atoms with Crippen molar-refractivity contribution in [3.8, 4) is 5.75 Å². The van der Waals surface area contributed by atoms with E-state index in [2.05, 4.69) is 65.4 Å². The van der Waals surface area contributed by atoms with Gasteiger partial charge in [0.2, 0.25) is 0 Å². The Morgan fingerprint density at radius 1 is 1.04 bits per heavy atom. The first-order valence-electron chi connectivity index (χ1n) is 7.84. The molecule has 0 N–H and O–H groups in total. The smallest absolute Gasteiger partial charge is 0.161 e. The van der Waals surface area contributed by atoms with Crippen LogP contribution in [-0.2, 0) is 6.54 Å². The van der Waals surface area contributed by atoms with Crippen LogP contribution in [0.1, 0.15) is 5.56 Å². The Balaban J connectivity index is 1.84. The van der Waals surface area contributed by atoms with Crippen molar-refractivity contribution in [1.82, 2.24) is 0 Å². The maximum Gasteiger partial charge on any atom is 0.161 e. The average Bonchev–Trinajstić information content (AvgIpc) is 2.61. The molecule has 3 nitrogen and oxygen atoms in total. The van der Waals surface area contributed by atoms with Gasteiger partial charge in [-0.25, -0.2) is 0 Å². The zero-order chi connectivity index (χ0) is 16.1. The number of anilines is 2. The second-order valence-electron chi connectivity index (χ2n) is 5.58. The first-order valence-corrected chi connectivity index (χ1v) is 7.84. The minimum Gasteiger partial charge on any atom is -0.473 e. The van der Waals surface area contributed by atoms with Crippen molar-refractivity contribution in [2.24, 2.45) is 0 Å². The molecule has 23 heavy (non-hydrogen) atoms. The standard InChI is InChI=1S/C20H22N2O/c1-3-12-21(13-4-2)19-10-11-20-17(14-19)15-22(16-23-20)18-8-6-5-7-9-18/h3-11,14H,1-2,12-13,15-16H2. The molecule has 0 unspecified atom stereocenters. The van der Waals surface area contributed by atoms with E-state index in [0.717, 1.165) is 25.4 Å². The van der Waals surface area contributed by atoms with Crippen molar-refractivity contribution >= 4 is 11.4 Å². The maximum absolute atomic E-state index is 5.91. The quantitative estimate of drug-likeness (QED) is 0.743. The van der Waals surface area contributed by atoms with Crippen molar-refractivity contribution < 1.29 is 4.74 Å². The van der Waals surface area contributed by atoms with Crippen LogP contribution in [0.25, 0.3) is 0 Å². The summed E-state index contributed by atoms with van der Waals surface area (Å²) in [5, 5.41) is 0. The van der Waals surface area contributed by atoms with E-state index in [1.807, 2.05) is 18.2 Å². The van der Waals surface area contributed by atoms with Crippen molar-refractivity contribution in [2.75, 3.05) is 29.6 Å². The molecule has 1 aliphatic heterocycles. The summed E-state index contributed by atoms with van der Waals surface area (Å²) in [7, 11) is 0. The van der Waals surface area contributed by atoms with Gasteiger partial charge in [-0.2, -0.15) is 0 Å². The van der Waals surface area contributed by atoms with E-state index in [9.17, 15) is 0 Å². The number of hydrogen-bond acceptors (Lipinski definition) is 3. The molecule has 0 saturated heterocycles. The Kier molecular flexibility index (Phi) is 4.67. The third kappa shape index (κ3) is 3.39. The SMILES string of the molecule is C=CCN(CC=C)c1ccc2c(c1)CN(c1ccccc1)CO2. The third-order valence-corrected chi connectivity index (χ3v) is 3.97. The molecule has 0 saturated carbocycles. The van der Waals surface area contributed by atoms with Gasteiger partial charge in [-0.15, -0.1) is 13.2 Å². The van der Waals surface area contributed by atoms with Crippen LogP contribution in [0.5, 0.6) is 5.75 Å². The molecule has 2 aromatic carbocycles. The molecule has 0 bridgehead atoms. The predicted molar refractivity (Wildman–Crippen MR) is 97.2 cm³/mol. The molecule has 1 heterocycles. The van der Waals surface area contributed by atoms with Crippen LogP contribution in [0.3, 0.4) is 0 Å². The fourth-order valence-corrected chi connectivity index (χ4v) is 2.83. The van der Waals surface area contributed by atoms with Crippen LogP contribution in [0.2, 0.25) is 0 Å². The van der Waals surface area contributed by atoms with E-state index in [1.165, 1.54) is 16.9 Å². The lowest BCUT2D eigenvalue weighted by Crippen LogP contribution is -2.32. The number of para-hydroxylation sites is 1. The fourth-order valence-electron chi connectivity index (χ4n) is 2.83. The van der Waals surface area contributed by atoms with Crippen LogP contribution in [-0.4, -0.2) is 19.8 Å². The van der Waals surface area contributed by atoms with Gasteiger partial charge in [-0.05, 0) is 30.3 Å². The minimum atomic E-state index is 0.583. The molecular formula is C20H22N2O. The van der Waals surface area contributed by atoms with Gasteiger partial charge >= 0.3 is 0 Å². The lowest BCUT2D eigenvalue weighted by Gasteiger charge is -2.32. The molecule has 3 heteroatoms. The van der Waals surface area contributed by atoms with Crippen LogP contribution < -0.4 is 14.5 Å². The maximum atomic E-state index is 5.91. The van der Waals surface area contributed by atoms with Crippen molar-refractivity contribution in [3.05, 3.63) is 79.4 Å². The molecule has 0 amide bonds. The summed E-state index contributed by atoms with van der Waals surface area (Å²) < 4.78 is 5.91. The van der Waals surface area contributed by atoms with E-state index in [1.54, 1.807) is 0 Å². The lowest BCUT2D eigenvalue weighted by molar-refractivity contribution is 0.289. The molecule has 0 aromatic heterocycles. The Labute approximate surface area is 138 Å². The van der Waals surface area contributed by atoms with Gasteiger partial charge in [0.05, 0.1) is 0 Å². The number of ether oxygens (including phenoxy) is 1. The lowest BCUT2D eigenvalue weighted by atomic mass is 10.1. The van der Waals surface area contributed by atoms with Gasteiger partial charge in [-0.3, -0.25) is 0 Å². The highest BCUT2D eigenvalue weighted by Crippen LogP contribution is 2.31. The zero-order valence-corrected chi connectivity index (χ0v) is 13.3. The summed E-state index contributed by atoms with van der Waals surface area (Å²) in [6.45, 7) is 10.7. The van der Waals surface area contributed by atoms with Gasteiger partial charge in [0.15, 0.2) is 6.73 Å². The number of nitrogens with zero attached hydrogens (tertiary/aromatic N) is 2. The van der Waals surface area contributed by atoms with E-state index >= 15 is 0 Å². The van der Waals surface area contributed by atoms with Crippen LogP contribution in [0.15, 0.2) is 73.8 Å². The fraction of sp³-hybridized carbons (Fsp3) is 0.200. The number of fused-ring (bicyclic) bond motifs is 1. The second kappa shape index (κ2) is 7.05. The highest BCUT2D eigenvalue weighted by Gasteiger charge is 2.18. The summed E-state index contributed by atoms with van der Waals surface area (Å²) in [4.78, 5) is 4.47. The van der Waals surface area contributed by atoms with Gasteiger partial charge in [0.25, 0.3) is 0 Å². The summed E-state index contributed by atoms with van der Waals surface area (Å²) in [5.41, 5.74) is 3.55. The van der Waals surface area contributed by atoms with Crippen molar-refractivity contribution in [2.45, 2.75) is 6.54 Å². The Morgan fingerprint density at radius 2 is 1.78 bits per heavy atom. The molecule has 0 atom stereocenters. The van der Waals surface area contributed by atoms with Gasteiger partial charge in [-0.1, -0.05) is 30.4 Å².